The predicted molar refractivity (Wildman–Crippen MR) is 73.3 cm³/mol. The molecule has 0 spiro atoms. The number of nitrogens with zero attached hydrogens (tertiary/aromatic N) is 2. The topological polar surface area (TPSA) is 37.8 Å². The highest BCUT2D eigenvalue weighted by Crippen LogP contribution is 2.20. The molecule has 2 aromatic heterocycles. The Labute approximate surface area is 108 Å². The van der Waals surface area contributed by atoms with Gasteiger partial charge in [0, 0.05) is 30.3 Å². The first-order valence-corrected chi connectivity index (χ1v) is 6.29. The second-order valence-corrected chi connectivity index (χ2v) is 4.43. The molecular formula is C15H19N3. The summed E-state index contributed by atoms with van der Waals surface area (Å²) in [6.45, 7) is 2.13. The fraction of sp³-hybridized carbons (Fsp3) is 0.333. The summed E-state index contributed by atoms with van der Waals surface area (Å²) in [7, 11) is 2.00. The Hall–Kier alpha value is -1.74. The van der Waals surface area contributed by atoms with Gasteiger partial charge in [-0.2, -0.15) is 0 Å². The lowest BCUT2D eigenvalue weighted by Gasteiger charge is -2.18. The summed E-state index contributed by atoms with van der Waals surface area (Å²) in [5.41, 5.74) is 3.69. The van der Waals surface area contributed by atoms with Gasteiger partial charge in [-0.05, 0) is 56.1 Å². The van der Waals surface area contributed by atoms with Crippen LogP contribution in [-0.4, -0.2) is 17.0 Å². The van der Waals surface area contributed by atoms with E-state index in [0.717, 1.165) is 18.5 Å². The average molecular weight is 241 g/mol. The van der Waals surface area contributed by atoms with Crippen LogP contribution in [0, 0.1) is 6.92 Å². The quantitative estimate of drug-likeness (QED) is 0.874. The van der Waals surface area contributed by atoms with Gasteiger partial charge in [-0.3, -0.25) is 9.97 Å². The molecule has 0 aliphatic carbocycles. The summed E-state index contributed by atoms with van der Waals surface area (Å²) in [4.78, 5) is 8.57. The summed E-state index contributed by atoms with van der Waals surface area (Å²) in [5, 5.41) is 3.36. The fourth-order valence-electron chi connectivity index (χ4n) is 2.13. The van der Waals surface area contributed by atoms with Gasteiger partial charge in [0.15, 0.2) is 0 Å². The molecule has 2 rings (SSSR count). The van der Waals surface area contributed by atoms with Crippen LogP contribution < -0.4 is 5.32 Å². The lowest BCUT2D eigenvalue weighted by molar-refractivity contribution is 0.541. The molecule has 0 bridgehead atoms. The van der Waals surface area contributed by atoms with Crippen LogP contribution in [0.3, 0.4) is 0 Å². The molecule has 3 heteroatoms. The van der Waals surface area contributed by atoms with Gasteiger partial charge in [-0.25, -0.2) is 0 Å². The first-order valence-electron chi connectivity index (χ1n) is 6.29. The van der Waals surface area contributed by atoms with Crippen LogP contribution in [-0.2, 0) is 6.42 Å². The third kappa shape index (κ3) is 3.14. The van der Waals surface area contributed by atoms with Gasteiger partial charge in [0.2, 0.25) is 0 Å². The number of rotatable bonds is 5. The highest BCUT2D eigenvalue weighted by molar-refractivity contribution is 5.25. The second-order valence-electron chi connectivity index (χ2n) is 4.43. The maximum atomic E-state index is 4.36. The molecule has 18 heavy (non-hydrogen) atoms. The molecular weight excluding hydrogens is 222 g/mol. The summed E-state index contributed by atoms with van der Waals surface area (Å²) in [5.74, 6) is 0. The predicted octanol–water partition coefficient (Wildman–Crippen LogP) is 2.68. The summed E-state index contributed by atoms with van der Waals surface area (Å²) >= 11 is 0. The van der Waals surface area contributed by atoms with Crippen LogP contribution in [0.4, 0.5) is 0 Å². The number of nitrogens with one attached hydrogen (secondary N) is 1. The van der Waals surface area contributed by atoms with Crippen LogP contribution in [0.2, 0.25) is 0 Å². The molecule has 1 N–H and O–H groups in total. The summed E-state index contributed by atoms with van der Waals surface area (Å²) in [6, 6.07) is 8.44. The van der Waals surface area contributed by atoms with Crippen LogP contribution in [0.1, 0.15) is 29.3 Å². The van der Waals surface area contributed by atoms with E-state index in [2.05, 4.69) is 34.3 Å². The van der Waals surface area contributed by atoms with E-state index >= 15 is 0 Å². The molecule has 0 radical (unpaired) electrons. The SMILES string of the molecule is CNC(CCc1ccccn1)c1cnccc1C. The van der Waals surface area contributed by atoms with Gasteiger partial charge in [0.25, 0.3) is 0 Å². The maximum Gasteiger partial charge on any atom is 0.0404 e. The molecule has 0 saturated carbocycles. The summed E-state index contributed by atoms with van der Waals surface area (Å²) < 4.78 is 0. The molecule has 1 atom stereocenters. The van der Waals surface area contributed by atoms with Crippen molar-refractivity contribution in [3.05, 3.63) is 59.7 Å². The van der Waals surface area contributed by atoms with Crippen molar-refractivity contribution in [2.75, 3.05) is 7.05 Å². The van der Waals surface area contributed by atoms with Crippen molar-refractivity contribution in [1.82, 2.24) is 15.3 Å². The molecule has 94 valence electrons. The number of hydrogen-bond acceptors (Lipinski definition) is 3. The number of hydrogen-bond donors (Lipinski definition) is 1. The first kappa shape index (κ1) is 12.7. The van der Waals surface area contributed by atoms with Crippen LogP contribution in [0.15, 0.2) is 42.9 Å². The van der Waals surface area contributed by atoms with Crippen LogP contribution in [0.5, 0.6) is 0 Å². The van der Waals surface area contributed by atoms with E-state index in [1.807, 2.05) is 37.8 Å². The standard InChI is InChI=1S/C15H19N3/c1-12-8-10-17-11-14(12)15(16-2)7-6-13-5-3-4-9-18-13/h3-5,8-11,15-16H,6-7H2,1-2H3. The molecule has 0 aliphatic rings. The van der Waals surface area contributed by atoms with Crippen molar-refractivity contribution in [2.45, 2.75) is 25.8 Å². The van der Waals surface area contributed by atoms with Crippen molar-refractivity contribution >= 4 is 0 Å². The Morgan fingerprint density at radius 2 is 2.11 bits per heavy atom. The van der Waals surface area contributed by atoms with E-state index in [4.69, 9.17) is 0 Å². The first-order chi connectivity index (χ1) is 8.81. The van der Waals surface area contributed by atoms with Crippen molar-refractivity contribution in [2.24, 2.45) is 0 Å². The Kier molecular flexibility index (Phi) is 4.42. The highest BCUT2D eigenvalue weighted by atomic mass is 14.9. The number of aromatic nitrogens is 2. The Bertz CT molecular complexity index is 482. The van der Waals surface area contributed by atoms with E-state index in [9.17, 15) is 0 Å². The van der Waals surface area contributed by atoms with Gasteiger partial charge in [0.05, 0.1) is 0 Å². The van der Waals surface area contributed by atoms with Crippen molar-refractivity contribution in [1.29, 1.82) is 0 Å². The smallest absolute Gasteiger partial charge is 0.0404 e. The van der Waals surface area contributed by atoms with Gasteiger partial charge < -0.3 is 5.32 Å². The van der Waals surface area contributed by atoms with Crippen molar-refractivity contribution in [3.8, 4) is 0 Å². The van der Waals surface area contributed by atoms with Gasteiger partial charge >= 0.3 is 0 Å². The van der Waals surface area contributed by atoms with E-state index in [0.29, 0.717) is 6.04 Å². The van der Waals surface area contributed by atoms with Crippen LogP contribution in [0.25, 0.3) is 0 Å². The monoisotopic (exact) mass is 241 g/mol. The molecule has 0 amide bonds. The zero-order chi connectivity index (χ0) is 12.8. The zero-order valence-corrected chi connectivity index (χ0v) is 10.9. The fourth-order valence-corrected chi connectivity index (χ4v) is 2.13. The molecule has 1 unspecified atom stereocenters. The van der Waals surface area contributed by atoms with Crippen LogP contribution >= 0.6 is 0 Å². The molecule has 0 aliphatic heterocycles. The minimum absolute atomic E-state index is 0.334. The third-order valence-electron chi connectivity index (χ3n) is 3.22. The normalized spacial score (nSPS) is 12.3. The number of pyridine rings is 2. The lowest BCUT2D eigenvalue weighted by Crippen LogP contribution is -2.18. The molecule has 3 nitrogen and oxygen atoms in total. The Morgan fingerprint density at radius 1 is 1.22 bits per heavy atom. The number of aryl methyl sites for hydroxylation is 2. The molecule has 2 aromatic rings. The Morgan fingerprint density at radius 3 is 2.78 bits per heavy atom. The highest BCUT2D eigenvalue weighted by Gasteiger charge is 2.11. The van der Waals surface area contributed by atoms with E-state index < -0.39 is 0 Å². The molecule has 0 saturated heterocycles. The van der Waals surface area contributed by atoms with E-state index in [1.165, 1.54) is 11.1 Å². The maximum absolute atomic E-state index is 4.36. The van der Waals surface area contributed by atoms with Crippen molar-refractivity contribution in [3.63, 3.8) is 0 Å². The second kappa shape index (κ2) is 6.26. The molecule has 0 fully saturated rings. The molecule has 2 heterocycles. The average Bonchev–Trinajstić information content (AvgIpc) is 2.42. The van der Waals surface area contributed by atoms with Gasteiger partial charge in [-0.15, -0.1) is 0 Å². The lowest BCUT2D eigenvalue weighted by atomic mass is 9.99. The third-order valence-corrected chi connectivity index (χ3v) is 3.22. The van der Waals surface area contributed by atoms with E-state index in [-0.39, 0.29) is 0 Å². The van der Waals surface area contributed by atoms with E-state index in [1.54, 1.807) is 0 Å². The Balaban J connectivity index is 2.04. The van der Waals surface area contributed by atoms with Gasteiger partial charge in [0.1, 0.15) is 0 Å². The largest absolute Gasteiger partial charge is 0.313 e. The summed E-state index contributed by atoms with van der Waals surface area (Å²) in [6.07, 6.45) is 7.64. The van der Waals surface area contributed by atoms with Crippen molar-refractivity contribution < 1.29 is 0 Å². The van der Waals surface area contributed by atoms with Gasteiger partial charge in [-0.1, -0.05) is 6.07 Å². The molecule has 0 aromatic carbocycles. The minimum Gasteiger partial charge on any atom is -0.313 e. The minimum atomic E-state index is 0.334. The zero-order valence-electron chi connectivity index (χ0n) is 10.9.